The predicted octanol–water partition coefficient (Wildman–Crippen LogP) is 2.62. The van der Waals surface area contributed by atoms with Crippen LogP contribution in [-0.2, 0) is 14.3 Å². The molecule has 0 bridgehead atoms. The summed E-state index contributed by atoms with van der Waals surface area (Å²) in [6.45, 7) is 6.76. The number of hydrogen-bond donors (Lipinski definition) is 1. The van der Waals surface area contributed by atoms with Crippen LogP contribution in [0.2, 0.25) is 0 Å². The molecule has 1 N–H and O–H groups in total. The van der Waals surface area contributed by atoms with Gasteiger partial charge >= 0.3 is 0 Å². The van der Waals surface area contributed by atoms with Crippen molar-refractivity contribution in [1.29, 1.82) is 0 Å². The summed E-state index contributed by atoms with van der Waals surface area (Å²) < 4.78 is 10.8. The molecule has 1 aromatic carbocycles. The molecule has 33 heavy (non-hydrogen) atoms. The summed E-state index contributed by atoms with van der Waals surface area (Å²) in [6, 6.07) is 11.5. The number of carbonyl (C=O) groups is 2. The molecule has 2 saturated heterocycles. The average molecular weight is 452 g/mol. The maximum Gasteiger partial charge on any atom is 0.295 e. The van der Waals surface area contributed by atoms with Crippen LogP contribution >= 0.6 is 0 Å². The van der Waals surface area contributed by atoms with Crippen molar-refractivity contribution in [1.82, 2.24) is 14.8 Å². The second kappa shape index (κ2) is 10.6. The summed E-state index contributed by atoms with van der Waals surface area (Å²) in [4.78, 5) is 34.3. The number of benzene rings is 1. The number of aromatic nitrogens is 1. The van der Waals surface area contributed by atoms with Gasteiger partial charge in [0.05, 0.1) is 31.1 Å². The fraction of sp³-hybridized carbons (Fsp3) is 0.400. The van der Waals surface area contributed by atoms with Crippen LogP contribution in [0.3, 0.4) is 0 Å². The number of morpholine rings is 1. The number of aliphatic hydroxyl groups is 1. The molecule has 2 aliphatic heterocycles. The minimum Gasteiger partial charge on any atom is -0.507 e. The van der Waals surface area contributed by atoms with Crippen molar-refractivity contribution in [2.75, 3.05) is 46.0 Å². The molecule has 8 heteroatoms. The molecule has 0 unspecified atom stereocenters. The lowest BCUT2D eigenvalue weighted by Gasteiger charge is -2.28. The van der Waals surface area contributed by atoms with Gasteiger partial charge in [-0.05, 0) is 49.7 Å². The van der Waals surface area contributed by atoms with E-state index in [1.165, 1.54) is 4.90 Å². The summed E-state index contributed by atoms with van der Waals surface area (Å²) in [7, 11) is 0. The van der Waals surface area contributed by atoms with E-state index in [0.29, 0.717) is 49.8 Å². The number of ketones is 1. The number of Topliss-reactive ketones (excluding diaryl/α,β-unsaturated/α-hetero) is 1. The number of likely N-dealkylation sites (tertiary alicyclic amines) is 1. The maximum atomic E-state index is 13.1. The number of nitrogens with zero attached hydrogens (tertiary/aromatic N) is 3. The Bertz CT molecular complexity index is 1000. The van der Waals surface area contributed by atoms with Gasteiger partial charge in [0.15, 0.2) is 0 Å². The van der Waals surface area contributed by atoms with Crippen molar-refractivity contribution in [3.63, 3.8) is 0 Å². The minimum atomic E-state index is -0.734. The molecule has 4 rings (SSSR count). The third-order valence-electron chi connectivity index (χ3n) is 5.92. The highest BCUT2D eigenvalue weighted by Crippen LogP contribution is 2.38. The van der Waals surface area contributed by atoms with E-state index in [1.54, 1.807) is 42.6 Å². The quantitative estimate of drug-likeness (QED) is 0.375. The van der Waals surface area contributed by atoms with E-state index in [0.717, 1.165) is 19.6 Å². The Balaban J connectivity index is 1.62. The van der Waals surface area contributed by atoms with Crippen molar-refractivity contribution in [3.8, 4) is 5.75 Å². The summed E-state index contributed by atoms with van der Waals surface area (Å²) in [5.41, 5.74) is 1.07. The molecule has 1 amide bonds. The van der Waals surface area contributed by atoms with E-state index in [4.69, 9.17) is 9.47 Å². The summed E-state index contributed by atoms with van der Waals surface area (Å²) in [5, 5.41) is 11.1. The third-order valence-corrected chi connectivity index (χ3v) is 5.92. The molecule has 1 atom stereocenters. The largest absolute Gasteiger partial charge is 0.507 e. The lowest BCUT2D eigenvalue weighted by molar-refractivity contribution is -0.140. The van der Waals surface area contributed by atoms with Crippen molar-refractivity contribution >= 4 is 17.4 Å². The van der Waals surface area contributed by atoms with Crippen LogP contribution in [0.15, 0.2) is 54.2 Å². The summed E-state index contributed by atoms with van der Waals surface area (Å²) in [6.07, 6.45) is 2.33. The number of ether oxygens (including phenoxy) is 2. The summed E-state index contributed by atoms with van der Waals surface area (Å²) >= 11 is 0. The fourth-order valence-electron chi connectivity index (χ4n) is 4.28. The van der Waals surface area contributed by atoms with Crippen LogP contribution in [0.4, 0.5) is 0 Å². The first kappa shape index (κ1) is 22.9. The summed E-state index contributed by atoms with van der Waals surface area (Å²) in [5.74, 6) is -0.842. The van der Waals surface area contributed by atoms with Crippen molar-refractivity contribution in [3.05, 3.63) is 65.5 Å². The van der Waals surface area contributed by atoms with Crippen LogP contribution in [0.5, 0.6) is 5.75 Å². The molecule has 8 nitrogen and oxygen atoms in total. The maximum absolute atomic E-state index is 13.1. The van der Waals surface area contributed by atoms with Crippen LogP contribution in [-0.4, -0.2) is 77.6 Å². The first-order chi connectivity index (χ1) is 16.1. The first-order valence-corrected chi connectivity index (χ1v) is 11.3. The minimum absolute atomic E-state index is 0.0641. The average Bonchev–Trinajstić information content (AvgIpc) is 3.10. The Morgan fingerprint density at radius 2 is 1.88 bits per heavy atom. The lowest BCUT2D eigenvalue weighted by atomic mass is 9.98. The van der Waals surface area contributed by atoms with Gasteiger partial charge in [-0.25, -0.2) is 0 Å². The number of hydrogen-bond acceptors (Lipinski definition) is 7. The first-order valence-electron chi connectivity index (χ1n) is 11.3. The van der Waals surface area contributed by atoms with Gasteiger partial charge in [-0.2, -0.15) is 0 Å². The highest BCUT2D eigenvalue weighted by molar-refractivity contribution is 6.46. The number of amides is 1. The molecule has 2 aliphatic rings. The van der Waals surface area contributed by atoms with E-state index in [2.05, 4.69) is 9.88 Å². The highest BCUT2D eigenvalue weighted by Gasteiger charge is 2.46. The SMILES string of the molecule is CCOc1ccc(C(O)=C2C(=O)C(=O)N(CCCN3CCOCC3)[C@@H]2c2ccccn2)cc1. The molecule has 2 aromatic rings. The normalized spacial score (nSPS) is 20.9. The second-order valence-corrected chi connectivity index (χ2v) is 8.01. The second-order valence-electron chi connectivity index (χ2n) is 8.01. The highest BCUT2D eigenvalue weighted by atomic mass is 16.5. The Morgan fingerprint density at radius 3 is 2.55 bits per heavy atom. The van der Waals surface area contributed by atoms with Crippen LogP contribution in [0.25, 0.3) is 5.76 Å². The van der Waals surface area contributed by atoms with Gasteiger partial charge in [-0.3, -0.25) is 19.5 Å². The smallest absolute Gasteiger partial charge is 0.295 e. The van der Waals surface area contributed by atoms with Gasteiger partial charge in [0.25, 0.3) is 11.7 Å². The number of pyridine rings is 1. The Morgan fingerprint density at radius 1 is 1.12 bits per heavy atom. The molecule has 0 aliphatic carbocycles. The fourth-order valence-corrected chi connectivity index (χ4v) is 4.28. The van der Waals surface area contributed by atoms with E-state index in [1.807, 2.05) is 13.0 Å². The Kier molecular flexibility index (Phi) is 7.36. The lowest BCUT2D eigenvalue weighted by Crippen LogP contribution is -2.39. The molecule has 0 radical (unpaired) electrons. The zero-order chi connectivity index (χ0) is 23.2. The predicted molar refractivity (Wildman–Crippen MR) is 123 cm³/mol. The van der Waals surface area contributed by atoms with Crippen LogP contribution < -0.4 is 4.74 Å². The van der Waals surface area contributed by atoms with Gasteiger partial charge < -0.3 is 19.5 Å². The zero-order valence-electron chi connectivity index (χ0n) is 18.8. The van der Waals surface area contributed by atoms with Gasteiger partial charge in [0.2, 0.25) is 0 Å². The molecule has 1 aromatic heterocycles. The molecule has 0 spiro atoms. The number of carbonyl (C=O) groups excluding carboxylic acids is 2. The molecule has 174 valence electrons. The molecular weight excluding hydrogens is 422 g/mol. The van der Waals surface area contributed by atoms with E-state index in [-0.39, 0.29) is 11.3 Å². The van der Waals surface area contributed by atoms with Gasteiger partial charge in [-0.1, -0.05) is 6.07 Å². The van der Waals surface area contributed by atoms with Crippen LogP contribution in [0.1, 0.15) is 30.6 Å². The van der Waals surface area contributed by atoms with Crippen molar-refractivity contribution < 1.29 is 24.2 Å². The van der Waals surface area contributed by atoms with Gasteiger partial charge in [0.1, 0.15) is 17.6 Å². The van der Waals surface area contributed by atoms with Gasteiger partial charge in [0, 0.05) is 37.9 Å². The molecular formula is C25H29N3O5. The molecule has 2 fully saturated rings. The topological polar surface area (TPSA) is 92.2 Å². The van der Waals surface area contributed by atoms with Gasteiger partial charge in [-0.15, -0.1) is 0 Å². The number of rotatable bonds is 8. The van der Waals surface area contributed by atoms with E-state index < -0.39 is 17.7 Å². The van der Waals surface area contributed by atoms with Crippen LogP contribution in [0, 0.1) is 0 Å². The van der Waals surface area contributed by atoms with Crippen molar-refractivity contribution in [2.24, 2.45) is 0 Å². The third kappa shape index (κ3) is 5.07. The van der Waals surface area contributed by atoms with E-state index in [9.17, 15) is 14.7 Å². The zero-order valence-corrected chi connectivity index (χ0v) is 18.8. The standard InChI is InChI=1S/C25H29N3O5/c1-2-33-19-9-7-18(8-10-19)23(29)21-22(20-6-3-4-11-26-20)28(25(31)24(21)30)13-5-12-27-14-16-32-17-15-27/h3-4,6-11,22,29H,2,5,12-17H2,1H3/t22-/m1/s1. The Labute approximate surface area is 193 Å². The van der Waals surface area contributed by atoms with Crippen molar-refractivity contribution in [2.45, 2.75) is 19.4 Å². The number of aliphatic hydroxyl groups excluding tert-OH is 1. The Hall–Kier alpha value is -3.23. The molecule has 0 saturated carbocycles. The molecule has 3 heterocycles. The monoisotopic (exact) mass is 451 g/mol. The van der Waals surface area contributed by atoms with E-state index >= 15 is 0 Å².